The van der Waals surface area contributed by atoms with Gasteiger partial charge in [0.25, 0.3) is 0 Å². The van der Waals surface area contributed by atoms with Gasteiger partial charge in [0.15, 0.2) is 5.17 Å². The number of likely N-dealkylation sites (N-methyl/N-ethyl adjacent to an activating group) is 1. The number of amides is 1. The molecule has 0 aliphatic carbocycles. The first-order chi connectivity index (χ1) is 12.5. The number of amidine groups is 1. The van der Waals surface area contributed by atoms with Crippen molar-refractivity contribution in [3.05, 3.63) is 29.8 Å². The number of benzene rings is 1. The van der Waals surface area contributed by atoms with E-state index in [9.17, 15) is 9.59 Å². The van der Waals surface area contributed by atoms with Crippen LogP contribution in [0.4, 0.5) is 5.69 Å². The third-order valence-electron chi connectivity index (χ3n) is 4.23. The zero-order chi connectivity index (χ0) is 18.5. The maximum atomic E-state index is 11.7. The molecular weight excluding hydrogens is 354 g/mol. The fourth-order valence-corrected chi connectivity index (χ4v) is 3.67. The summed E-state index contributed by atoms with van der Waals surface area (Å²) in [5.41, 5.74) is 2.07. The van der Waals surface area contributed by atoms with E-state index >= 15 is 0 Å². The van der Waals surface area contributed by atoms with E-state index in [4.69, 9.17) is 5.11 Å². The van der Waals surface area contributed by atoms with Gasteiger partial charge < -0.3 is 20.2 Å². The third kappa shape index (κ3) is 4.83. The number of nitrogens with zero attached hydrogens (tertiary/aromatic N) is 4. The van der Waals surface area contributed by atoms with E-state index in [1.165, 1.54) is 0 Å². The first-order valence-corrected chi connectivity index (χ1v) is 9.23. The lowest BCUT2D eigenvalue weighted by Gasteiger charge is -2.34. The lowest BCUT2D eigenvalue weighted by atomic mass is 10.2. The zero-order valence-corrected chi connectivity index (χ0v) is 15.3. The van der Waals surface area contributed by atoms with Crippen molar-refractivity contribution >= 4 is 40.7 Å². The Morgan fingerprint density at radius 2 is 2.15 bits per heavy atom. The minimum Gasteiger partial charge on any atom is -0.481 e. The number of carboxylic acid groups (broad SMARTS) is 1. The first-order valence-electron chi connectivity index (χ1n) is 8.35. The molecule has 9 heteroatoms. The van der Waals surface area contributed by atoms with Crippen LogP contribution < -0.4 is 10.2 Å². The van der Waals surface area contributed by atoms with Gasteiger partial charge in [-0.1, -0.05) is 23.9 Å². The highest BCUT2D eigenvalue weighted by Crippen LogP contribution is 2.22. The number of carbonyl (C=O) groups is 2. The van der Waals surface area contributed by atoms with Gasteiger partial charge in [-0.25, -0.2) is 0 Å². The van der Waals surface area contributed by atoms with E-state index < -0.39 is 11.2 Å². The smallest absolute Gasteiger partial charge is 0.305 e. The number of hydrogen-bond acceptors (Lipinski definition) is 7. The molecule has 1 aromatic carbocycles. The molecule has 1 aromatic rings. The summed E-state index contributed by atoms with van der Waals surface area (Å²) in [5.74, 6) is -1.36. The maximum Gasteiger partial charge on any atom is 0.305 e. The molecule has 1 atom stereocenters. The van der Waals surface area contributed by atoms with Crippen LogP contribution in [0.25, 0.3) is 0 Å². The number of piperazine rings is 1. The average molecular weight is 375 g/mol. The summed E-state index contributed by atoms with van der Waals surface area (Å²) < 4.78 is 0. The molecule has 138 valence electrons. The highest BCUT2D eigenvalue weighted by Gasteiger charge is 2.32. The lowest BCUT2D eigenvalue weighted by Crippen LogP contribution is -2.44. The predicted molar refractivity (Wildman–Crippen MR) is 103 cm³/mol. The van der Waals surface area contributed by atoms with Gasteiger partial charge in [-0.3, -0.25) is 9.59 Å². The van der Waals surface area contributed by atoms with Crippen molar-refractivity contribution in [2.24, 2.45) is 10.2 Å². The quantitative estimate of drug-likeness (QED) is 0.585. The fourth-order valence-electron chi connectivity index (χ4n) is 2.76. The van der Waals surface area contributed by atoms with Crippen LogP contribution in [-0.4, -0.2) is 71.7 Å². The molecular formula is C17H21N5O3S. The Balaban J connectivity index is 1.61. The van der Waals surface area contributed by atoms with Crippen molar-refractivity contribution in [1.82, 2.24) is 10.2 Å². The van der Waals surface area contributed by atoms with Crippen LogP contribution in [0.15, 0.2) is 34.5 Å². The van der Waals surface area contributed by atoms with E-state index in [0.717, 1.165) is 49.2 Å². The Hall–Kier alpha value is -2.39. The zero-order valence-electron chi connectivity index (χ0n) is 14.5. The topological polar surface area (TPSA) is 97.6 Å². The van der Waals surface area contributed by atoms with Gasteiger partial charge in [-0.2, -0.15) is 5.10 Å². The van der Waals surface area contributed by atoms with Crippen LogP contribution in [0, 0.1) is 0 Å². The summed E-state index contributed by atoms with van der Waals surface area (Å²) in [6.45, 7) is 4.07. The van der Waals surface area contributed by atoms with Gasteiger partial charge in [0.05, 0.1) is 12.6 Å². The summed E-state index contributed by atoms with van der Waals surface area (Å²) in [6, 6.07) is 8.06. The Morgan fingerprint density at radius 1 is 1.38 bits per heavy atom. The lowest BCUT2D eigenvalue weighted by molar-refractivity contribution is -0.138. The Labute approximate surface area is 156 Å². The molecule has 0 bridgehead atoms. The molecule has 1 unspecified atom stereocenters. The van der Waals surface area contributed by atoms with Gasteiger partial charge in [0.1, 0.15) is 5.25 Å². The van der Waals surface area contributed by atoms with Gasteiger partial charge in [-0.05, 0) is 24.7 Å². The highest BCUT2D eigenvalue weighted by atomic mass is 32.2. The molecule has 2 aliphatic heterocycles. The summed E-state index contributed by atoms with van der Waals surface area (Å²) in [5, 5.41) is 19.0. The van der Waals surface area contributed by atoms with Crippen LogP contribution >= 0.6 is 11.8 Å². The summed E-state index contributed by atoms with van der Waals surface area (Å²) in [4.78, 5) is 27.0. The molecule has 3 rings (SSSR count). The second kappa shape index (κ2) is 8.33. The van der Waals surface area contributed by atoms with Crippen molar-refractivity contribution in [3.63, 3.8) is 0 Å². The number of hydrogen-bond donors (Lipinski definition) is 2. The first kappa shape index (κ1) is 18.4. The number of nitrogens with one attached hydrogen (secondary N) is 1. The molecule has 2 saturated heterocycles. The molecule has 8 nitrogen and oxygen atoms in total. The predicted octanol–water partition coefficient (Wildman–Crippen LogP) is 0.835. The van der Waals surface area contributed by atoms with E-state index in [2.05, 4.69) is 44.5 Å². The van der Waals surface area contributed by atoms with Crippen LogP contribution in [0.5, 0.6) is 0 Å². The molecule has 1 amide bonds. The molecule has 0 spiro atoms. The molecule has 2 fully saturated rings. The third-order valence-corrected chi connectivity index (χ3v) is 5.30. The van der Waals surface area contributed by atoms with Crippen LogP contribution in [0.2, 0.25) is 0 Å². The average Bonchev–Trinajstić information content (AvgIpc) is 2.95. The molecule has 26 heavy (non-hydrogen) atoms. The number of thioether (sulfide) groups is 1. The fraction of sp³-hybridized carbons (Fsp3) is 0.412. The number of aliphatic carboxylic acids is 1. The van der Waals surface area contributed by atoms with Crippen LogP contribution in [-0.2, 0) is 9.59 Å². The summed E-state index contributed by atoms with van der Waals surface area (Å²) >= 11 is 1.09. The van der Waals surface area contributed by atoms with Crippen molar-refractivity contribution in [1.29, 1.82) is 0 Å². The van der Waals surface area contributed by atoms with Gasteiger partial charge in [-0.15, -0.1) is 5.10 Å². The maximum absolute atomic E-state index is 11.7. The molecule has 2 heterocycles. The Bertz CT molecular complexity index is 744. The normalized spacial score (nSPS) is 23.0. The SMILES string of the molecule is CN1CCN(c2cccc(C=NN=C3NC(=O)C(CC(=O)O)S3)c2)CC1. The minimum atomic E-state index is -1.01. The number of carboxylic acids is 1. The van der Waals surface area contributed by atoms with Crippen molar-refractivity contribution < 1.29 is 14.7 Å². The van der Waals surface area contributed by atoms with E-state index in [0.29, 0.717) is 5.17 Å². The molecule has 2 aliphatic rings. The highest BCUT2D eigenvalue weighted by molar-refractivity contribution is 8.15. The van der Waals surface area contributed by atoms with Gasteiger partial charge in [0.2, 0.25) is 5.91 Å². The van der Waals surface area contributed by atoms with Crippen molar-refractivity contribution in [2.45, 2.75) is 11.7 Å². The minimum absolute atomic E-state index is 0.230. The van der Waals surface area contributed by atoms with Gasteiger partial charge in [0, 0.05) is 31.9 Å². The van der Waals surface area contributed by atoms with Crippen LogP contribution in [0.3, 0.4) is 0 Å². The molecule has 0 aromatic heterocycles. The van der Waals surface area contributed by atoms with Crippen molar-refractivity contribution in [2.75, 3.05) is 38.1 Å². The van der Waals surface area contributed by atoms with Crippen molar-refractivity contribution in [3.8, 4) is 0 Å². The van der Waals surface area contributed by atoms with E-state index in [1.54, 1.807) is 6.21 Å². The molecule has 0 saturated carbocycles. The second-order valence-electron chi connectivity index (χ2n) is 6.23. The van der Waals surface area contributed by atoms with E-state index in [-0.39, 0.29) is 12.3 Å². The van der Waals surface area contributed by atoms with E-state index in [1.807, 2.05) is 12.1 Å². The molecule has 0 radical (unpaired) electrons. The Kier molecular flexibility index (Phi) is 5.89. The molecule has 2 N–H and O–H groups in total. The number of carbonyl (C=O) groups excluding carboxylic acids is 1. The summed E-state index contributed by atoms with van der Waals surface area (Å²) in [6.07, 6.45) is 1.40. The number of anilines is 1. The summed E-state index contributed by atoms with van der Waals surface area (Å²) in [7, 11) is 2.13. The second-order valence-corrected chi connectivity index (χ2v) is 7.42. The Morgan fingerprint density at radius 3 is 2.88 bits per heavy atom. The number of rotatable bonds is 5. The van der Waals surface area contributed by atoms with Crippen LogP contribution in [0.1, 0.15) is 12.0 Å². The standard InChI is InChI=1S/C17H21N5O3S/c1-21-5-7-22(8-6-21)13-4-2-3-12(9-13)11-18-20-17-19-16(25)14(26-17)10-15(23)24/h2-4,9,11,14H,5-8,10H2,1H3,(H,23,24)(H,19,20,25). The van der Waals surface area contributed by atoms with Gasteiger partial charge >= 0.3 is 5.97 Å². The monoisotopic (exact) mass is 375 g/mol. The largest absolute Gasteiger partial charge is 0.481 e.